The fourth-order valence-electron chi connectivity index (χ4n) is 1.09. The Kier molecular flexibility index (Phi) is 2.44. The van der Waals surface area contributed by atoms with E-state index in [-0.39, 0.29) is 0 Å². The first-order chi connectivity index (χ1) is 6.14. The summed E-state index contributed by atoms with van der Waals surface area (Å²) in [7, 11) is 0. The normalized spacial score (nSPS) is 46.3. The van der Waals surface area contributed by atoms with Crippen LogP contribution in [0.25, 0.3) is 0 Å². The second kappa shape index (κ2) is 2.96. The van der Waals surface area contributed by atoms with E-state index in [1.165, 1.54) is 0 Å². The minimum Gasteiger partial charge on any atom is -0.241 e. The summed E-state index contributed by atoms with van der Waals surface area (Å²) in [5.74, 6) is -11.1. The van der Waals surface area contributed by atoms with Gasteiger partial charge in [-0.25, -0.2) is 17.6 Å². The van der Waals surface area contributed by atoms with Crippen molar-refractivity contribution in [1.82, 2.24) is 0 Å². The molecule has 0 aromatic heterocycles. The molecule has 0 nitrogen and oxygen atoms in total. The van der Waals surface area contributed by atoms with E-state index < -0.39 is 36.5 Å². The zero-order chi connectivity index (χ0) is 11.3. The largest absolute Gasteiger partial charge is 0.346 e. The molecule has 14 heavy (non-hydrogen) atoms. The molecule has 84 valence electrons. The third kappa shape index (κ3) is 1.18. The SMILES string of the molecule is FC1C(F)C(F)C(F)(F)C(F)(F)C1F. The molecule has 0 aliphatic heterocycles. The first kappa shape index (κ1) is 11.5. The lowest BCUT2D eigenvalue weighted by atomic mass is 9.86. The van der Waals surface area contributed by atoms with Crippen LogP contribution in [0, 0.1) is 0 Å². The molecule has 0 amide bonds. The van der Waals surface area contributed by atoms with Crippen LogP contribution in [0.3, 0.4) is 0 Å². The van der Waals surface area contributed by atoms with Crippen molar-refractivity contribution in [3.8, 4) is 0 Å². The highest BCUT2D eigenvalue weighted by molar-refractivity contribution is 5.09. The molecule has 1 saturated carbocycles. The zero-order valence-corrected chi connectivity index (χ0v) is 6.33. The number of rotatable bonds is 0. The van der Waals surface area contributed by atoms with Gasteiger partial charge in [-0.05, 0) is 0 Å². The summed E-state index contributed by atoms with van der Waals surface area (Å²) in [6.45, 7) is 0. The van der Waals surface area contributed by atoms with Gasteiger partial charge in [0.25, 0.3) is 0 Å². The molecule has 0 spiro atoms. The molecule has 0 heterocycles. The second-order valence-corrected chi connectivity index (χ2v) is 2.94. The summed E-state index contributed by atoms with van der Waals surface area (Å²) in [5, 5.41) is 0. The first-order valence-electron chi connectivity index (χ1n) is 3.46. The van der Waals surface area contributed by atoms with E-state index in [0.29, 0.717) is 0 Å². The molecule has 0 aromatic rings. The summed E-state index contributed by atoms with van der Waals surface area (Å²) in [5.41, 5.74) is 0. The van der Waals surface area contributed by atoms with E-state index >= 15 is 0 Å². The van der Waals surface area contributed by atoms with Gasteiger partial charge in [-0.15, -0.1) is 0 Å². The minimum absolute atomic E-state index is 3.58. The van der Waals surface area contributed by atoms with Crippen molar-refractivity contribution in [2.24, 2.45) is 0 Å². The van der Waals surface area contributed by atoms with Gasteiger partial charge >= 0.3 is 11.8 Å². The zero-order valence-electron chi connectivity index (χ0n) is 6.33. The Hall–Kier alpha value is -0.560. The van der Waals surface area contributed by atoms with E-state index in [2.05, 4.69) is 0 Å². The van der Waals surface area contributed by atoms with Gasteiger partial charge in [-0.1, -0.05) is 0 Å². The van der Waals surface area contributed by atoms with Gasteiger partial charge in [0.05, 0.1) is 0 Å². The number of hydrogen-bond donors (Lipinski definition) is 0. The Morgan fingerprint density at radius 2 is 0.786 bits per heavy atom. The highest BCUT2D eigenvalue weighted by atomic mass is 19.3. The molecular formula is C6H4F8. The Morgan fingerprint density at radius 1 is 0.571 bits per heavy atom. The maximum absolute atomic E-state index is 12.3. The summed E-state index contributed by atoms with van der Waals surface area (Å²) < 4.78 is 98.2. The highest BCUT2D eigenvalue weighted by Gasteiger charge is 2.75. The lowest BCUT2D eigenvalue weighted by molar-refractivity contribution is -0.309. The average molecular weight is 228 g/mol. The van der Waals surface area contributed by atoms with Crippen LogP contribution in [-0.2, 0) is 0 Å². The third-order valence-electron chi connectivity index (χ3n) is 2.00. The minimum atomic E-state index is -5.53. The van der Waals surface area contributed by atoms with E-state index in [0.717, 1.165) is 0 Å². The summed E-state index contributed by atoms with van der Waals surface area (Å²) in [6, 6.07) is 0. The van der Waals surface area contributed by atoms with E-state index in [4.69, 9.17) is 0 Å². The summed E-state index contributed by atoms with van der Waals surface area (Å²) in [6.07, 6.45) is -15.3. The molecule has 0 N–H and O–H groups in total. The quantitative estimate of drug-likeness (QED) is 0.559. The summed E-state index contributed by atoms with van der Waals surface area (Å²) in [4.78, 5) is 0. The Bertz CT molecular complexity index is 202. The van der Waals surface area contributed by atoms with Crippen LogP contribution >= 0.6 is 0 Å². The standard InChI is InChI=1S/C6H4F8/c7-1-2(8)4(10)6(13,14)5(11,12)3(1)9/h1-4H. The topological polar surface area (TPSA) is 0 Å². The molecule has 0 bridgehead atoms. The van der Waals surface area contributed by atoms with Gasteiger partial charge < -0.3 is 0 Å². The van der Waals surface area contributed by atoms with Crippen LogP contribution in [0.2, 0.25) is 0 Å². The lowest BCUT2D eigenvalue weighted by Gasteiger charge is -2.39. The molecule has 8 heteroatoms. The Balaban J connectivity index is 3.10. The highest BCUT2D eigenvalue weighted by Crippen LogP contribution is 2.50. The fourth-order valence-corrected chi connectivity index (χ4v) is 1.09. The molecule has 4 atom stereocenters. The molecule has 1 aliphatic rings. The molecule has 1 fully saturated rings. The molecule has 1 rings (SSSR count). The Morgan fingerprint density at radius 3 is 1.00 bits per heavy atom. The van der Waals surface area contributed by atoms with Crippen molar-refractivity contribution < 1.29 is 35.1 Å². The predicted octanol–water partition coefficient (Wildman–Crippen LogP) is 2.62. The monoisotopic (exact) mass is 228 g/mol. The first-order valence-corrected chi connectivity index (χ1v) is 3.46. The molecule has 4 unspecified atom stereocenters. The van der Waals surface area contributed by atoms with Crippen LogP contribution in [-0.4, -0.2) is 36.5 Å². The smallest absolute Gasteiger partial charge is 0.241 e. The third-order valence-corrected chi connectivity index (χ3v) is 2.00. The van der Waals surface area contributed by atoms with Crippen LogP contribution in [0.5, 0.6) is 0 Å². The van der Waals surface area contributed by atoms with Crippen molar-refractivity contribution in [3.63, 3.8) is 0 Å². The number of alkyl halides is 8. The van der Waals surface area contributed by atoms with Crippen molar-refractivity contribution in [2.45, 2.75) is 36.5 Å². The Labute approximate surface area is 72.9 Å². The van der Waals surface area contributed by atoms with Crippen LogP contribution in [0.15, 0.2) is 0 Å². The van der Waals surface area contributed by atoms with Gasteiger partial charge in [-0.3, -0.25) is 0 Å². The molecule has 0 saturated heterocycles. The lowest BCUT2D eigenvalue weighted by Crippen LogP contribution is -2.66. The fraction of sp³-hybridized carbons (Fsp3) is 1.00. The summed E-state index contributed by atoms with van der Waals surface area (Å²) >= 11 is 0. The van der Waals surface area contributed by atoms with Gasteiger partial charge in [0.15, 0.2) is 12.3 Å². The molecule has 0 aromatic carbocycles. The van der Waals surface area contributed by atoms with Gasteiger partial charge in [0.1, 0.15) is 0 Å². The molecular weight excluding hydrogens is 224 g/mol. The number of halogens is 8. The second-order valence-electron chi connectivity index (χ2n) is 2.94. The van der Waals surface area contributed by atoms with Gasteiger partial charge in [0, 0.05) is 0 Å². The maximum Gasteiger partial charge on any atom is 0.346 e. The molecule has 0 radical (unpaired) electrons. The molecule has 1 aliphatic carbocycles. The van der Waals surface area contributed by atoms with Crippen LogP contribution in [0.1, 0.15) is 0 Å². The maximum atomic E-state index is 12.3. The van der Waals surface area contributed by atoms with Crippen molar-refractivity contribution in [2.75, 3.05) is 0 Å². The van der Waals surface area contributed by atoms with Crippen molar-refractivity contribution in [3.05, 3.63) is 0 Å². The predicted molar refractivity (Wildman–Crippen MR) is 29.5 cm³/mol. The number of hydrogen-bond acceptors (Lipinski definition) is 0. The average Bonchev–Trinajstić information content (AvgIpc) is 2.10. The van der Waals surface area contributed by atoms with E-state index in [9.17, 15) is 35.1 Å². The van der Waals surface area contributed by atoms with Gasteiger partial charge in [0.2, 0.25) is 12.3 Å². The van der Waals surface area contributed by atoms with Crippen molar-refractivity contribution in [1.29, 1.82) is 0 Å². The van der Waals surface area contributed by atoms with Crippen LogP contribution in [0.4, 0.5) is 35.1 Å². The van der Waals surface area contributed by atoms with E-state index in [1.54, 1.807) is 0 Å². The van der Waals surface area contributed by atoms with Crippen LogP contribution < -0.4 is 0 Å². The van der Waals surface area contributed by atoms with Gasteiger partial charge in [-0.2, -0.15) is 17.6 Å². The van der Waals surface area contributed by atoms with E-state index in [1.807, 2.05) is 0 Å². The van der Waals surface area contributed by atoms with Crippen molar-refractivity contribution >= 4 is 0 Å².